The molecule has 35 heavy (non-hydrogen) atoms. The first-order valence-corrected chi connectivity index (χ1v) is 12.2. The number of nitrogens with zero attached hydrogens (tertiary/aromatic N) is 1. The van der Waals surface area contributed by atoms with Crippen LogP contribution in [0.1, 0.15) is 62.1 Å². The Morgan fingerprint density at radius 3 is 2.60 bits per heavy atom. The molecule has 7 heteroatoms. The van der Waals surface area contributed by atoms with Crippen molar-refractivity contribution in [3.8, 4) is 11.8 Å². The summed E-state index contributed by atoms with van der Waals surface area (Å²) in [6.45, 7) is 4.94. The summed E-state index contributed by atoms with van der Waals surface area (Å²) in [6, 6.07) is 15.8. The van der Waals surface area contributed by atoms with E-state index in [1.165, 1.54) is 6.42 Å². The van der Waals surface area contributed by atoms with E-state index in [9.17, 15) is 10.1 Å². The molecule has 0 radical (unpaired) electrons. The quantitative estimate of drug-likeness (QED) is 0.508. The first kappa shape index (κ1) is 23.4. The highest BCUT2D eigenvalue weighted by Gasteiger charge is 2.40. The Morgan fingerprint density at radius 1 is 1.23 bits per heavy atom. The first-order valence-electron chi connectivity index (χ1n) is 12.2. The zero-order valence-corrected chi connectivity index (χ0v) is 20.0. The van der Waals surface area contributed by atoms with Gasteiger partial charge in [0.05, 0.1) is 24.9 Å². The number of allylic oxidation sites excluding steroid dienone is 2. The third-order valence-corrected chi connectivity index (χ3v) is 7.16. The fraction of sp³-hybridized carbons (Fsp3) is 0.429. The molecule has 2 aromatic carbocycles. The molecule has 182 valence electrons. The molecule has 2 aromatic rings. The topological polar surface area (TPSA) is 101 Å². The van der Waals surface area contributed by atoms with Gasteiger partial charge in [-0.05, 0) is 85.2 Å². The van der Waals surface area contributed by atoms with Crippen molar-refractivity contribution in [2.45, 2.75) is 57.3 Å². The zero-order chi connectivity index (χ0) is 24.6. The van der Waals surface area contributed by atoms with Crippen LogP contribution in [0.2, 0.25) is 0 Å². The highest BCUT2D eigenvalue weighted by molar-refractivity contribution is 6.05. The lowest BCUT2D eigenvalue weighted by Crippen LogP contribution is -2.22. The average molecular weight is 475 g/mol. The number of carboxylic acid groups (broad SMARTS) is 1. The molecule has 1 aliphatic heterocycles. The van der Waals surface area contributed by atoms with Crippen molar-refractivity contribution in [1.29, 1.82) is 5.26 Å². The van der Waals surface area contributed by atoms with Gasteiger partial charge in [0.15, 0.2) is 5.79 Å². The Morgan fingerprint density at radius 2 is 2.00 bits per heavy atom. The second-order valence-corrected chi connectivity index (χ2v) is 9.91. The molecule has 2 atom stereocenters. The van der Waals surface area contributed by atoms with E-state index in [-0.39, 0.29) is 12.0 Å². The second kappa shape index (κ2) is 9.37. The first-order chi connectivity index (χ1) is 16.8. The van der Waals surface area contributed by atoms with Gasteiger partial charge in [-0.25, -0.2) is 4.79 Å². The maximum atomic E-state index is 11.0. The van der Waals surface area contributed by atoms with Gasteiger partial charge in [-0.3, -0.25) is 5.32 Å². The van der Waals surface area contributed by atoms with E-state index in [2.05, 4.69) is 17.5 Å². The molecule has 1 amide bonds. The molecular formula is C28H30N2O5. The molecule has 1 unspecified atom stereocenters. The van der Waals surface area contributed by atoms with Crippen LogP contribution in [0.3, 0.4) is 0 Å². The number of hydrogen-bond donors (Lipinski definition) is 2. The summed E-state index contributed by atoms with van der Waals surface area (Å²) in [4.78, 5) is 11.0. The predicted octanol–water partition coefficient (Wildman–Crippen LogP) is 6.03. The molecule has 0 bridgehead atoms. The molecule has 1 saturated carbocycles. The lowest BCUT2D eigenvalue weighted by molar-refractivity contribution is -0.139. The standard InChI is InChI=1S/C28H30N2O5/c1-28(2)34-16-21(35-28)12-13-33-20-10-11-22-23(14-20)25(17-4-3-5-17)26(24(22)15-29)18-6-8-19(9-7-18)30-27(31)32/h6-11,14,17,21,25,30H,3-5,12-13,16H2,1-2H3,(H,31,32)/t21-,25?/m0/s1. The van der Waals surface area contributed by atoms with Crippen molar-refractivity contribution in [1.82, 2.24) is 0 Å². The fourth-order valence-electron chi connectivity index (χ4n) is 5.35. The highest BCUT2D eigenvalue weighted by Crippen LogP contribution is 2.55. The normalized spacial score (nSPS) is 22.9. The molecule has 2 aliphatic carbocycles. The van der Waals surface area contributed by atoms with Gasteiger partial charge in [-0.15, -0.1) is 0 Å². The fourth-order valence-corrected chi connectivity index (χ4v) is 5.35. The molecule has 3 aliphatic rings. The molecule has 5 rings (SSSR count). The molecule has 0 aromatic heterocycles. The largest absolute Gasteiger partial charge is 0.493 e. The van der Waals surface area contributed by atoms with E-state index in [1.807, 2.05) is 38.1 Å². The Labute approximate surface area is 205 Å². The summed E-state index contributed by atoms with van der Waals surface area (Å²) in [5.74, 6) is 0.868. The monoisotopic (exact) mass is 474 g/mol. The smallest absolute Gasteiger partial charge is 0.409 e. The van der Waals surface area contributed by atoms with Crippen LogP contribution in [0.5, 0.6) is 5.75 Å². The number of nitriles is 1. The van der Waals surface area contributed by atoms with Gasteiger partial charge in [0.25, 0.3) is 0 Å². The third-order valence-electron chi connectivity index (χ3n) is 7.16. The number of nitrogens with one attached hydrogen (secondary N) is 1. The van der Waals surface area contributed by atoms with Crippen LogP contribution in [-0.2, 0) is 9.47 Å². The van der Waals surface area contributed by atoms with Crippen molar-refractivity contribution in [3.05, 3.63) is 59.2 Å². The summed E-state index contributed by atoms with van der Waals surface area (Å²) in [6.07, 6.45) is 3.13. The Hall–Kier alpha value is -3.34. The summed E-state index contributed by atoms with van der Waals surface area (Å²) in [7, 11) is 0. The number of fused-ring (bicyclic) bond motifs is 1. The van der Waals surface area contributed by atoms with Gasteiger partial charge >= 0.3 is 6.09 Å². The summed E-state index contributed by atoms with van der Waals surface area (Å²) in [5, 5.41) is 21.5. The van der Waals surface area contributed by atoms with Gasteiger partial charge in [0.2, 0.25) is 0 Å². The van der Waals surface area contributed by atoms with Crippen LogP contribution in [-0.4, -0.2) is 36.3 Å². The molecule has 7 nitrogen and oxygen atoms in total. The van der Waals surface area contributed by atoms with Crippen molar-refractivity contribution in [2.75, 3.05) is 18.5 Å². The van der Waals surface area contributed by atoms with E-state index >= 15 is 0 Å². The van der Waals surface area contributed by atoms with Crippen molar-refractivity contribution in [2.24, 2.45) is 5.92 Å². The van der Waals surface area contributed by atoms with E-state index in [4.69, 9.17) is 19.3 Å². The summed E-state index contributed by atoms with van der Waals surface area (Å²) >= 11 is 0. The highest BCUT2D eigenvalue weighted by atomic mass is 16.7. The van der Waals surface area contributed by atoms with Gasteiger partial charge in [0, 0.05) is 18.0 Å². The van der Waals surface area contributed by atoms with Crippen molar-refractivity contribution >= 4 is 22.9 Å². The van der Waals surface area contributed by atoms with Gasteiger partial charge in [-0.2, -0.15) is 5.26 Å². The van der Waals surface area contributed by atoms with Crippen LogP contribution in [0.25, 0.3) is 11.1 Å². The predicted molar refractivity (Wildman–Crippen MR) is 132 cm³/mol. The summed E-state index contributed by atoms with van der Waals surface area (Å²) in [5.41, 5.74) is 5.30. The minimum atomic E-state index is -1.10. The summed E-state index contributed by atoms with van der Waals surface area (Å²) < 4.78 is 17.6. The number of carbonyl (C=O) groups is 1. The van der Waals surface area contributed by atoms with E-state index in [1.54, 1.807) is 12.1 Å². The Balaban J connectivity index is 1.38. The molecule has 0 spiro atoms. The SMILES string of the molecule is CC1(C)OC[C@H](CCOc2ccc3c(c2)C(C2CCC2)C(c2ccc(NC(=O)O)cc2)=C3C#N)O1. The van der Waals surface area contributed by atoms with E-state index in [0.29, 0.717) is 30.4 Å². The number of ether oxygens (including phenoxy) is 3. The molecule has 1 heterocycles. The van der Waals surface area contributed by atoms with Gasteiger partial charge < -0.3 is 19.3 Å². The number of amides is 1. The maximum absolute atomic E-state index is 11.0. The van der Waals surface area contributed by atoms with Gasteiger partial charge in [-0.1, -0.05) is 18.6 Å². The Bertz CT molecular complexity index is 1190. The number of rotatable bonds is 7. The minimum Gasteiger partial charge on any atom is -0.493 e. The van der Waals surface area contributed by atoms with E-state index < -0.39 is 11.9 Å². The average Bonchev–Trinajstić information content (AvgIpc) is 3.29. The van der Waals surface area contributed by atoms with Crippen LogP contribution in [0, 0.1) is 17.2 Å². The molecule has 2 N–H and O–H groups in total. The maximum Gasteiger partial charge on any atom is 0.409 e. The van der Waals surface area contributed by atoms with Crippen LogP contribution >= 0.6 is 0 Å². The van der Waals surface area contributed by atoms with Gasteiger partial charge in [0.1, 0.15) is 11.8 Å². The van der Waals surface area contributed by atoms with Crippen LogP contribution in [0.4, 0.5) is 10.5 Å². The number of hydrogen-bond acceptors (Lipinski definition) is 5. The van der Waals surface area contributed by atoms with Crippen LogP contribution in [0.15, 0.2) is 42.5 Å². The zero-order valence-electron chi connectivity index (χ0n) is 20.0. The third kappa shape index (κ3) is 4.77. The number of anilines is 1. The molecular weight excluding hydrogens is 444 g/mol. The minimum absolute atomic E-state index is 0.0270. The lowest BCUT2D eigenvalue weighted by Gasteiger charge is -2.34. The second-order valence-electron chi connectivity index (χ2n) is 9.91. The number of benzene rings is 2. The molecule has 2 fully saturated rings. The van der Waals surface area contributed by atoms with Crippen molar-refractivity contribution < 1.29 is 24.1 Å². The van der Waals surface area contributed by atoms with Crippen molar-refractivity contribution in [3.63, 3.8) is 0 Å². The lowest BCUT2D eigenvalue weighted by atomic mass is 9.70. The van der Waals surface area contributed by atoms with E-state index in [0.717, 1.165) is 47.3 Å². The Kier molecular flexibility index (Phi) is 6.26. The molecule has 1 saturated heterocycles. The van der Waals surface area contributed by atoms with Crippen LogP contribution < -0.4 is 10.1 Å².